The highest BCUT2D eigenvalue weighted by atomic mass is 16.5. The normalized spacial score (nSPS) is 15.7. The Morgan fingerprint density at radius 2 is 1.85 bits per heavy atom. The van der Waals surface area contributed by atoms with Gasteiger partial charge in [-0.3, -0.25) is 0 Å². The summed E-state index contributed by atoms with van der Waals surface area (Å²) in [6.07, 6.45) is 2.10. The van der Waals surface area contributed by atoms with E-state index in [0.717, 1.165) is 28.3 Å². The lowest BCUT2D eigenvalue weighted by Gasteiger charge is -2.25. The maximum absolute atomic E-state index is 5.58. The number of nitrogens with one attached hydrogen (secondary N) is 1. The smallest absolute Gasteiger partial charge is 0.248 e. The molecule has 0 amide bonds. The fraction of sp³-hybridized carbons (Fsp3) is 0.211. The van der Waals surface area contributed by atoms with Crippen LogP contribution in [0, 0.1) is 6.92 Å². The molecule has 7 heteroatoms. The Morgan fingerprint density at radius 3 is 2.58 bits per heavy atom. The van der Waals surface area contributed by atoms with Crippen LogP contribution in [0.15, 0.2) is 48.5 Å². The third-order valence-electron chi connectivity index (χ3n) is 4.45. The zero-order valence-corrected chi connectivity index (χ0v) is 14.8. The third-order valence-corrected chi connectivity index (χ3v) is 4.45. The van der Waals surface area contributed by atoms with E-state index in [1.807, 2.05) is 18.2 Å². The first-order valence-corrected chi connectivity index (χ1v) is 8.25. The van der Waals surface area contributed by atoms with Gasteiger partial charge in [0.05, 0.1) is 14.2 Å². The number of aromatic nitrogens is 4. The lowest BCUT2D eigenvalue weighted by Crippen LogP contribution is -2.20. The molecule has 0 unspecified atom stereocenters. The van der Waals surface area contributed by atoms with E-state index < -0.39 is 0 Å². The molecule has 1 atom stereocenters. The number of allylic oxidation sites excluding steroid dienone is 1. The van der Waals surface area contributed by atoms with Gasteiger partial charge in [-0.1, -0.05) is 34.9 Å². The average Bonchev–Trinajstić information content (AvgIpc) is 3.16. The van der Waals surface area contributed by atoms with E-state index in [1.54, 1.807) is 18.9 Å². The molecule has 3 aromatic rings. The summed E-state index contributed by atoms with van der Waals surface area (Å²) < 4.78 is 12.6. The van der Waals surface area contributed by atoms with Crippen molar-refractivity contribution in [1.29, 1.82) is 0 Å². The Bertz CT molecular complexity index is 962. The van der Waals surface area contributed by atoms with Crippen LogP contribution in [0.2, 0.25) is 0 Å². The van der Waals surface area contributed by atoms with E-state index in [1.165, 1.54) is 5.56 Å². The Hall–Kier alpha value is -3.35. The van der Waals surface area contributed by atoms with E-state index >= 15 is 0 Å². The van der Waals surface area contributed by atoms with Gasteiger partial charge in [-0.05, 0) is 41.1 Å². The molecule has 0 aliphatic carbocycles. The molecular weight excluding hydrogens is 330 g/mol. The number of tetrazole rings is 1. The monoisotopic (exact) mass is 349 g/mol. The van der Waals surface area contributed by atoms with Crippen molar-refractivity contribution in [2.45, 2.75) is 13.0 Å². The van der Waals surface area contributed by atoms with Crippen LogP contribution in [0.3, 0.4) is 0 Å². The minimum atomic E-state index is -0.196. The number of hydrogen-bond acceptors (Lipinski definition) is 6. The fourth-order valence-electron chi connectivity index (χ4n) is 3.04. The van der Waals surface area contributed by atoms with E-state index in [9.17, 15) is 0 Å². The number of hydrogen-bond donors (Lipinski definition) is 1. The van der Waals surface area contributed by atoms with Crippen LogP contribution in [-0.2, 0) is 0 Å². The van der Waals surface area contributed by atoms with Crippen molar-refractivity contribution in [3.05, 3.63) is 65.2 Å². The molecular formula is C19H19N5O2. The van der Waals surface area contributed by atoms with Crippen molar-refractivity contribution in [2.24, 2.45) is 0 Å². The molecule has 1 aliphatic heterocycles. The summed E-state index contributed by atoms with van der Waals surface area (Å²) in [4.78, 5) is 0. The Balaban J connectivity index is 1.82. The van der Waals surface area contributed by atoms with Crippen LogP contribution in [0.25, 0.3) is 5.70 Å². The Kier molecular flexibility index (Phi) is 4.04. The molecule has 0 bridgehead atoms. The molecule has 0 spiro atoms. The number of fused-ring (bicyclic) bond motifs is 1. The number of nitrogens with zero attached hydrogens (tertiary/aromatic N) is 4. The van der Waals surface area contributed by atoms with E-state index in [4.69, 9.17) is 9.47 Å². The molecule has 0 radical (unpaired) electrons. The maximum atomic E-state index is 5.58. The van der Waals surface area contributed by atoms with E-state index in [2.05, 4.69) is 58.1 Å². The van der Waals surface area contributed by atoms with Gasteiger partial charge >= 0.3 is 0 Å². The Morgan fingerprint density at radius 1 is 1.04 bits per heavy atom. The molecule has 0 saturated heterocycles. The second kappa shape index (κ2) is 6.51. The molecule has 1 N–H and O–H groups in total. The topological polar surface area (TPSA) is 74.1 Å². The summed E-state index contributed by atoms with van der Waals surface area (Å²) >= 11 is 0. The minimum Gasteiger partial charge on any atom is -0.497 e. The molecule has 1 aliphatic rings. The standard InChI is InChI=1S/C19H19N5O2/c1-12-4-6-13(7-5-12)16-11-17(24-19(20-16)21-22-23-24)15-9-8-14(25-2)10-18(15)26-3/h4-11,17H,1-3H3,(H,20,21,23)/t17-/m0/s1. The van der Waals surface area contributed by atoms with Gasteiger partial charge in [-0.25, -0.2) is 0 Å². The molecule has 7 nitrogen and oxygen atoms in total. The molecule has 132 valence electrons. The number of rotatable bonds is 4. The summed E-state index contributed by atoms with van der Waals surface area (Å²) in [5.41, 5.74) is 4.19. The molecule has 4 rings (SSSR count). The van der Waals surface area contributed by atoms with Crippen LogP contribution in [0.5, 0.6) is 11.5 Å². The van der Waals surface area contributed by atoms with Crippen molar-refractivity contribution < 1.29 is 9.47 Å². The number of aryl methyl sites for hydroxylation is 1. The summed E-state index contributed by atoms with van der Waals surface area (Å²) in [5, 5.41) is 15.3. The molecule has 0 saturated carbocycles. The number of ether oxygens (including phenoxy) is 2. The first-order valence-electron chi connectivity index (χ1n) is 8.25. The zero-order valence-electron chi connectivity index (χ0n) is 14.8. The number of benzene rings is 2. The highest BCUT2D eigenvalue weighted by Gasteiger charge is 2.26. The predicted molar refractivity (Wildman–Crippen MR) is 98.3 cm³/mol. The van der Waals surface area contributed by atoms with Gasteiger partial charge in [0.2, 0.25) is 5.95 Å². The highest BCUT2D eigenvalue weighted by molar-refractivity contribution is 5.77. The summed E-state index contributed by atoms with van der Waals surface area (Å²) in [5.74, 6) is 2.04. The summed E-state index contributed by atoms with van der Waals surface area (Å²) in [6.45, 7) is 2.07. The third kappa shape index (κ3) is 2.77. The molecule has 26 heavy (non-hydrogen) atoms. The lowest BCUT2D eigenvalue weighted by atomic mass is 10.00. The zero-order chi connectivity index (χ0) is 18.1. The van der Waals surface area contributed by atoms with Gasteiger partial charge in [0.1, 0.15) is 17.5 Å². The molecule has 2 heterocycles. The lowest BCUT2D eigenvalue weighted by molar-refractivity contribution is 0.387. The van der Waals surface area contributed by atoms with Gasteiger partial charge < -0.3 is 14.8 Å². The molecule has 0 fully saturated rings. The molecule has 2 aromatic carbocycles. The van der Waals surface area contributed by atoms with E-state index in [-0.39, 0.29) is 6.04 Å². The first-order chi connectivity index (χ1) is 12.7. The first kappa shape index (κ1) is 16.1. The highest BCUT2D eigenvalue weighted by Crippen LogP contribution is 2.37. The van der Waals surface area contributed by atoms with Crippen molar-refractivity contribution in [1.82, 2.24) is 20.2 Å². The fourth-order valence-corrected chi connectivity index (χ4v) is 3.04. The second-order valence-electron chi connectivity index (χ2n) is 6.07. The minimum absolute atomic E-state index is 0.196. The van der Waals surface area contributed by atoms with E-state index in [0.29, 0.717) is 5.95 Å². The summed E-state index contributed by atoms with van der Waals surface area (Å²) in [7, 11) is 3.28. The largest absolute Gasteiger partial charge is 0.497 e. The number of anilines is 1. The SMILES string of the molecule is COc1ccc([C@@H]2C=C(c3ccc(C)cc3)Nc3nnnn32)c(OC)c1. The van der Waals surface area contributed by atoms with Crippen LogP contribution in [0.1, 0.15) is 22.7 Å². The predicted octanol–water partition coefficient (Wildman–Crippen LogP) is 3.05. The quantitative estimate of drug-likeness (QED) is 0.780. The van der Waals surface area contributed by atoms with Crippen molar-refractivity contribution in [2.75, 3.05) is 19.5 Å². The van der Waals surface area contributed by atoms with Crippen LogP contribution >= 0.6 is 0 Å². The maximum Gasteiger partial charge on any atom is 0.248 e. The van der Waals surface area contributed by atoms with Crippen molar-refractivity contribution in [3.8, 4) is 11.5 Å². The second-order valence-corrected chi connectivity index (χ2v) is 6.07. The van der Waals surface area contributed by atoms with Gasteiger partial charge in [-0.2, -0.15) is 4.68 Å². The molecule has 1 aromatic heterocycles. The average molecular weight is 349 g/mol. The number of methoxy groups -OCH3 is 2. The summed E-state index contributed by atoms with van der Waals surface area (Å²) in [6, 6.07) is 13.9. The van der Waals surface area contributed by atoms with Gasteiger partial charge in [0.15, 0.2) is 0 Å². The van der Waals surface area contributed by atoms with Gasteiger partial charge in [-0.15, -0.1) is 0 Å². The van der Waals surface area contributed by atoms with Gasteiger partial charge in [0, 0.05) is 17.3 Å². The van der Waals surface area contributed by atoms with Crippen molar-refractivity contribution >= 4 is 11.6 Å². The van der Waals surface area contributed by atoms with Crippen LogP contribution in [0.4, 0.5) is 5.95 Å². The Labute approximate surface area is 151 Å². The van der Waals surface area contributed by atoms with Crippen molar-refractivity contribution in [3.63, 3.8) is 0 Å². The van der Waals surface area contributed by atoms with Gasteiger partial charge in [0.25, 0.3) is 0 Å². The van der Waals surface area contributed by atoms with Crippen LogP contribution < -0.4 is 14.8 Å². The van der Waals surface area contributed by atoms with Crippen LogP contribution in [-0.4, -0.2) is 34.4 Å².